The highest BCUT2D eigenvalue weighted by molar-refractivity contribution is 5.73. The standard InChI is InChI=1S/C13H11F2N3O2/c14-13(15)7-16-6-5-10(13)8-1-3-9(4-2-8)11-17-12(19)20-18-11/h1-5,16H,6-7H2,(H,17,18,19). The Bertz CT molecular complexity index is 701. The zero-order valence-electron chi connectivity index (χ0n) is 10.3. The van der Waals surface area contributed by atoms with Gasteiger partial charge in [0.15, 0.2) is 5.82 Å². The van der Waals surface area contributed by atoms with Crippen LogP contribution in [0.15, 0.2) is 39.7 Å². The van der Waals surface area contributed by atoms with Gasteiger partial charge in [-0.25, -0.2) is 4.79 Å². The van der Waals surface area contributed by atoms with Crippen LogP contribution < -0.4 is 11.1 Å². The summed E-state index contributed by atoms with van der Waals surface area (Å²) in [5.74, 6) is -3.27. The Morgan fingerprint density at radius 2 is 1.90 bits per heavy atom. The summed E-state index contributed by atoms with van der Waals surface area (Å²) >= 11 is 0. The maximum absolute atomic E-state index is 13.8. The monoisotopic (exact) mass is 279 g/mol. The van der Waals surface area contributed by atoms with Gasteiger partial charge >= 0.3 is 5.76 Å². The van der Waals surface area contributed by atoms with Gasteiger partial charge in [-0.1, -0.05) is 35.5 Å². The number of hydrogen-bond donors (Lipinski definition) is 2. The molecule has 104 valence electrons. The largest absolute Gasteiger partial charge is 0.439 e. The summed E-state index contributed by atoms with van der Waals surface area (Å²) in [4.78, 5) is 13.3. The van der Waals surface area contributed by atoms with Crippen LogP contribution in [-0.2, 0) is 0 Å². The lowest BCUT2D eigenvalue weighted by molar-refractivity contribution is 0.0636. The van der Waals surface area contributed by atoms with Crippen molar-refractivity contribution in [3.63, 3.8) is 0 Å². The number of H-pyrrole nitrogens is 1. The zero-order chi connectivity index (χ0) is 14.2. The molecular formula is C13H11F2N3O2. The highest BCUT2D eigenvalue weighted by Gasteiger charge is 2.36. The maximum Gasteiger partial charge on any atom is 0.439 e. The highest BCUT2D eigenvalue weighted by atomic mass is 19.3. The summed E-state index contributed by atoms with van der Waals surface area (Å²) in [7, 11) is 0. The molecule has 0 fully saturated rings. The third-order valence-electron chi connectivity index (χ3n) is 3.10. The smallest absolute Gasteiger partial charge is 0.307 e. The van der Waals surface area contributed by atoms with Gasteiger partial charge in [0.1, 0.15) is 0 Å². The van der Waals surface area contributed by atoms with Gasteiger partial charge in [-0.15, -0.1) is 0 Å². The first-order valence-electron chi connectivity index (χ1n) is 6.02. The number of rotatable bonds is 2. The van der Waals surface area contributed by atoms with Crippen LogP contribution in [0.2, 0.25) is 0 Å². The van der Waals surface area contributed by atoms with Crippen molar-refractivity contribution in [2.75, 3.05) is 13.1 Å². The fourth-order valence-corrected chi connectivity index (χ4v) is 2.14. The van der Waals surface area contributed by atoms with Crippen LogP contribution >= 0.6 is 0 Å². The van der Waals surface area contributed by atoms with E-state index in [1.807, 2.05) is 0 Å². The summed E-state index contributed by atoms with van der Waals surface area (Å²) in [6, 6.07) is 6.38. The van der Waals surface area contributed by atoms with Gasteiger partial charge in [-0.2, -0.15) is 8.78 Å². The second-order valence-corrected chi connectivity index (χ2v) is 4.47. The molecule has 1 aliphatic rings. The Kier molecular flexibility index (Phi) is 2.98. The number of nitrogens with zero attached hydrogens (tertiary/aromatic N) is 1. The number of alkyl halides is 2. The number of aromatic nitrogens is 2. The fraction of sp³-hybridized carbons (Fsp3) is 0.231. The van der Waals surface area contributed by atoms with Gasteiger partial charge in [0, 0.05) is 17.7 Å². The lowest BCUT2D eigenvalue weighted by Gasteiger charge is -2.24. The van der Waals surface area contributed by atoms with Crippen LogP contribution in [0, 0.1) is 0 Å². The van der Waals surface area contributed by atoms with Crippen LogP contribution in [0.25, 0.3) is 17.0 Å². The maximum atomic E-state index is 13.8. The molecule has 0 spiro atoms. The normalized spacial score (nSPS) is 17.8. The fourth-order valence-electron chi connectivity index (χ4n) is 2.14. The van der Waals surface area contributed by atoms with Crippen LogP contribution in [0.3, 0.4) is 0 Å². The third kappa shape index (κ3) is 2.27. The van der Waals surface area contributed by atoms with Gasteiger partial charge in [-0.3, -0.25) is 9.51 Å². The molecule has 5 nitrogen and oxygen atoms in total. The van der Waals surface area contributed by atoms with Crippen molar-refractivity contribution in [2.45, 2.75) is 5.92 Å². The molecule has 2 aromatic rings. The minimum absolute atomic E-state index is 0.0106. The Morgan fingerprint density at radius 1 is 1.20 bits per heavy atom. The van der Waals surface area contributed by atoms with Crippen LogP contribution in [0.4, 0.5) is 8.78 Å². The van der Waals surface area contributed by atoms with Crippen molar-refractivity contribution in [1.82, 2.24) is 15.5 Å². The van der Waals surface area contributed by atoms with E-state index in [9.17, 15) is 13.6 Å². The molecule has 0 bridgehead atoms. The van der Waals surface area contributed by atoms with Crippen molar-refractivity contribution >= 4 is 5.57 Å². The minimum atomic E-state index is -2.89. The molecule has 2 heterocycles. The van der Waals surface area contributed by atoms with Crippen molar-refractivity contribution in [1.29, 1.82) is 0 Å². The summed E-state index contributed by atoms with van der Waals surface area (Å²) in [5, 5.41) is 6.17. The molecule has 0 atom stereocenters. The van der Waals surface area contributed by atoms with E-state index in [4.69, 9.17) is 0 Å². The molecule has 1 aromatic carbocycles. The van der Waals surface area contributed by atoms with Crippen LogP contribution in [0.5, 0.6) is 0 Å². The van der Waals surface area contributed by atoms with E-state index < -0.39 is 11.7 Å². The third-order valence-corrected chi connectivity index (χ3v) is 3.10. The van der Waals surface area contributed by atoms with E-state index in [1.54, 1.807) is 24.3 Å². The van der Waals surface area contributed by atoms with Crippen molar-refractivity contribution < 1.29 is 13.3 Å². The molecule has 0 unspecified atom stereocenters. The molecule has 20 heavy (non-hydrogen) atoms. The van der Waals surface area contributed by atoms with Gasteiger partial charge in [-0.05, 0) is 5.56 Å². The Balaban J connectivity index is 1.94. The molecule has 1 aliphatic heterocycles. The number of hydrogen-bond acceptors (Lipinski definition) is 4. The summed E-state index contributed by atoms with van der Waals surface area (Å²) in [5.41, 5.74) is 1.06. The van der Waals surface area contributed by atoms with E-state index in [0.717, 1.165) is 0 Å². The SMILES string of the molecule is O=c1[nH]c(-c2ccc(C3=CCNCC3(F)F)cc2)no1. The van der Waals surface area contributed by atoms with Crippen LogP contribution in [0.1, 0.15) is 5.56 Å². The van der Waals surface area contributed by atoms with Gasteiger partial charge in [0.2, 0.25) is 0 Å². The first kappa shape index (κ1) is 12.7. The number of nitrogens with one attached hydrogen (secondary N) is 2. The molecular weight excluding hydrogens is 268 g/mol. The highest BCUT2D eigenvalue weighted by Crippen LogP contribution is 2.34. The van der Waals surface area contributed by atoms with E-state index in [-0.39, 0.29) is 17.9 Å². The molecule has 0 amide bonds. The van der Waals surface area contributed by atoms with Crippen LogP contribution in [-0.4, -0.2) is 29.2 Å². The predicted octanol–water partition coefficient (Wildman–Crippen LogP) is 1.65. The Labute approximate surface area is 112 Å². The predicted molar refractivity (Wildman–Crippen MR) is 68.4 cm³/mol. The molecule has 0 radical (unpaired) electrons. The average molecular weight is 279 g/mol. The van der Waals surface area contributed by atoms with E-state index >= 15 is 0 Å². The second kappa shape index (κ2) is 4.68. The molecule has 1 aromatic heterocycles. The topological polar surface area (TPSA) is 70.9 Å². The average Bonchev–Trinajstić information content (AvgIpc) is 2.85. The lowest BCUT2D eigenvalue weighted by atomic mass is 9.96. The summed E-state index contributed by atoms with van der Waals surface area (Å²) in [6.07, 6.45) is 1.48. The Hall–Kier alpha value is -2.28. The minimum Gasteiger partial charge on any atom is -0.307 e. The van der Waals surface area contributed by atoms with Gasteiger partial charge < -0.3 is 5.32 Å². The molecule has 0 saturated heterocycles. The quantitative estimate of drug-likeness (QED) is 0.877. The van der Waals surface area contributed by atoms with Crippen molar-refractivity contribution in [3.05, 3.63) is 46.5 Å². The van der Waals surface area contributed by atoms with Gasteiger partial charge in [0.25, 0.3) is 5.92 Å². The van der Waals surface area contributed by atoms with E-state index in [2.05, 4.69) is 20.0 Å². The second-order valence-electron chi connectivity index (χ2n) is 4.47. The van der Waals surface area contributed by atoms with Gasteiger partial charge in [0.05, 0.1) is 6.54 Å². The first-order chi connectivity index (χ1) is 9.56. The number of halogens is 2. The van der Waals surface area contributed by atoms with E-state index in [1.165, 1.54) is 6.08 Å². The molecule has 0 aliphatic carbocycles. The molecule has 7 heteroatoms. The zero-order valence-corrected chi connectivity index (χ0v) is 10.3. The van der Waals surface area contributed by atoms with E-state index in [0.29, 0.717) is 17.7 Å². The Morgan fingerprint density at radius 3 is 2.50 bits per heavy atom. The number of benzene rings is 1. The molecule has 0 saturated carbocycles. The van der Waals surface area contributed by atoms with Crippen molar-refractivity contribution in [3.8, 4) is 11.4 Å². The summed E-state index contributed by atoms with van der Waals surface area (Å²) < 4.78 is 31.9. The first-order valence-corrected chi connectivity index (χ1v) is 6.02. The lowest BCUT2D eigenvalue weighted by Crippen LogP contribution is -2.38. The molecule has 2 N–H and O–H groups in total. The molecule has 3 rings (SSSR count). The number of aromatic amines is 1. The van der Waals surface area contributed by atoms with Crippen molar-refractivity contribution in [2.24, 2.45) is 0 Å². The summed E-state index contributed by atoms with van der Waals surface area (Å²) in [6.45, 7) is 0.0560.